The third-order valence-electron chi connectivity index (χ3n) is 4.64. The van der Waals surface area contributed by atoms with Crippen LogP contribution in [0.1, 0.15) is 16.8 Å². The predicted octanol–water partition coefficient (Wildman–Crippen LogP) is 2.65. The smallest absolute Gasteiger partial charge is 0.255 e. The van der Waals surface area contributed by atoms with Crippen molar-refractivity contribution in [3.05, 3.63) is 75.7 Å². The van der Waals surface area contributed by atoms with E-state index in [4.69, 9.17) is 9.47 Å². The Morgan fingerprint density at radius 3 is 2.77 bits per heavy atom. The fourth-order valence-corrected chi connectivity index (χ4v) is 3.17. The van der Waals surface area contributed by atoms with Gasteiger partial charge in [-0.25, -0.2) is 4.98 Å². The zero-order valence-electron chi connectivity index (χ0n) is 16.8. The minimum Gasteiger partial charge on any atom is -0.454 e. The maximum atomic E-state index is 12.5. The molecule has 30 heavy (non-hydrogen) atoms. The van der Waals surface area contributed by atoms with Gasteiger partial charge in [0.15, 0.2) is 11.5 Å². The van der Waals surface area contributed by atoms with Crippen molar-refractivity contribution in [2.24, 2.45) is 0 Å². The van der Waals surface area contributed by atoms with Crippen molar-refractivity contribution in [2.75, 3.05) is 12.1 Å². The fourth-order valence-electron chi connectivity index (χ4n) is 3.17. The summed E-state index contributed by atoms with van der Waals surface area (Å²) in [6.45, 7) is 4.08. The van der Waals surface area contributed by atoms with Gasteiger partial charge in [-0.05, 0) is 49.2 Å². The van der Waals surface area contributed by atoms with Crippen molar-refractivity contribution in [3.8, 4) is 11.5 Å². The van der Waals surface area contributed by atoms with Crippen molar-refractivity contribution < 1.29 is 14.3 Å². The molecule has 0 unspecified atom stereocenters. The van der Waals surface area contributed by atoms with Gasteiger partial charge in [0.2, 0.25) is 18.6 Å². The van der Waals surface area contributed by atoms with Gasteiger partial charge in [0, 0.05) is 24.0 Å². The van der Waals surface area contributed by atoms with Crippen LogP contribution in [-0.2, 0) is 17.9 Å². The molecule has 2 heterocycles. The number of anilines is 2. The molecule has 3 aromatic rings. The largest absolute Gasteiger partial charge is 0.454 e. The van der Waals surface area contributed by atoms with E-state index in [-0.39, 0.29) is 24.8 Å². The van der Waals surface area contributed by atoms with Crippen LogP contribution >= 0.6 is 0 Å². The summed E-state index contributed by atoms with van der Waals surface area (Å²) in [6, 6.07) is 14.6. The second-order valence-electron chi connectivity index (χ2n) is 7.10. The number of carbonyl (C=O) groups is 1. The maximum absolute atomic E-state index is 12.5. The number of aryl methyl sites for hydroxylation is 2. The lowest BCUT2D eigenvalue weighted by molar-refractivity contribution is -0.121. The van der Waals surface area contributed by atoms with Crippen LogP contribution in [0.15, 0.2) is 53.3 Å². The first-order valence-electron chi connectivity index (χ1n) is 9.55. The number of hydrogen-bond acceptors (Lipinski definition) is 6. The summed E-state index contributed by atoms with van der Waals surface area (Å²) < 4.78 is 12.0. The summed E-state index contributed by atoms with van der Waals surface area (Å²) >= 11 is 0. The molecule has 0 spiro atoms. The van der Waals surface area contributed by atoms with E-state index >= 15 is 0 Å². The highest BCUT2D eigenvalue weighted by molar-refractivity contribution is 5.76. The Kier molecular flexibility index (Phi) is 5.38. The van der Waals surface area contributed by atoms with Crippen LogP contribution in [0, 0.1) is 13.8 Å². The van der Waals surface area contributed by atoms with Crippen LogP contribution in [0.5, 0.6) is 11.5 Å². The molecule has 154 valence electrons. The van der Waals surface area contributed by atoms with Gasteiger partial charge in [0.25, 0.3) is 5.56 Å². The Morgan fingerprint density at radius 1 is 1.10 bits per heavy atom. The standard InChI is InChI=1S/C22H22N4O4/c1-14-4-3-5-17(8-14)25-22-24-15(2)9-21(28)26(22)12-20(27)23-11-16-6-7-18-19(10-16)30-13-29-18/h3-10H,11-13H2,1-2H3,(H,23,27)(H,24,25). The first kappa shape index (κ1) is 19.5. The number of hydrogen-bond donors (Lipinski definition) is 2. The van der Waals surface area contributed by atoms with Gasteiger partial charge in [-0.2, -0.15) is 0 Å². The number of benzene rings is 2. The molecule has 0 fully saturated rings. The number of nitrogens with one attached hydrogen (secondary N) is 2. The van der Waals surface area contributed by atoms with Gasteiger partial charge in [-0.3, -0.25) is 14.2 Å². The number of nitrogens with zero attached hydrogens (tertiary/aromatic N) is 2. The third-order valence-corrected chi connectivity index (χ3v) is 4.64. The molecule has 8 nitrogen and oxygen atoms in total. The first-order chi connectivity index (χ1) is 14.5. The van der Waals surface area contributed by atoms with Crippen molar-refractivity contribution >= 4 is 17.5 Å². The monoisotopic (exact) mass is 406 g/mol. The molecule has 0 radical (unpaired) electrons. The third kappa shape index (κ3) is 4.43. The molecular weight excluding hydrogens is 384 g/mol. The quantitative estimate of drug-likeness (QED) is 0.654. The number of ether oxygens (including phenoxy) is 2. The topological polar surface area (TPSA) is 94.5 Å². The highest BCUT2D eigenvalue weighted by Gasteiger charge is 2.15. The molecule has 1 aliphatic heterocycles. The van der Waals surface area contributed by atoms with Crippen LogP contribution < -0.4 is 25.7 Å². The summed E-state index contributed by atoms with van der Waals surface area (Å²) in [5.41, 5.74) is 3.02. The van der Waals surface area contributed by atoms with E-state index in [1.807, 2.05) is 49.4 Å². The summed E-state index contributed by atoms with van der Waals surface area (Å²) in [5.74, 6) is 1.37. The zero-order valence-corrected chi connectivity index (χ0v) is 16.8. The minimum absolute atomic E-state index is 0.148. The zero-order chi connectivity index (χ0) is 21.1. The van der Waals surface area contributed by atoms with E-state index in [0.29, 0.717) is 29.7 Å². The number of rotatable bonds is 6. The Labute approximate surface area is 173 Å². The van der Waals surface area contributed by atoms with E-state index < -0.39 is 0 Å². The lowest BCUT2D eigenvalue weighted by Gasteiger charge is -2.14. The molecular formula is C22H22N4O4. The minimum atomic E-state index is -0.298. The second-order valence-corrected chi connectivity index (χ2v) is 7.10. The van der Waals surface area contributed by atoms with Crippen molar-refractivity contribution in [1.82, 2.24) is 14.9 Å². The fraction of sp³-hybridized carbons (Fsp3) is 0.227. The SMILES string of the molecule is Cc1cccc(Nc2nc(C)cc(=O)n2CC(=O)NCc2ccc3c(c2)OCO3)c1. The normalized spacial score (nSPS) is 11.9. The number of aromatic nitrogens is 2. The molecule has 8 heteroatoms. The Hall–Kier alpha value is -3.81. The second kappa shape index (κ2) is 8.28. The Bertz CT molecular complexity index is 1160. The summed E-state index contributed by atoms with van der Waals surface area (Å²) in [7, 11) is 0. The molecule has 0 saturated heterocycles. The molecule has 2 aromatic carbocycles. The summed E-state index contributed by atoms with van der Waals surface area (Å²) in [4.78, 5) is 29.5. The van der Waals surface area contributed by atoms with Crippen LogP contribution in [0.3, 0.4) is 0 Å². The number of fused-ring (bicyclic) bond motifs is 1. The van der Waals surface area contributed by atoms with Crippen LogP contribution in [-0.4, -0.2) is 22.3 Å². The summed E-state index contributed by atoms with van der Waals surface area (Å²) in [5, 5.41) is 5.97. The highest BCUT2D eigenvalue weighted by Crippen LogP contribution is 2.32. The van der Waals surface area contributed by atoms with Crippen LogP contribution in [0.2, 0.25) is 0 Å². The average molecular weight is 406 g/mol. The average Bonchev–Trinajstić information content (AvgIpc) is 3.17. The lowest BCUT2D eigenvalue weighted by atomic mass is 10.2. The van der Waals surface area contributed by atoms with E-state index in [1.54, 1.807) is 6.92 Å². The van der Waals surface area contributed by atoms with E-state index in [1.165, 1.54) is 10.6 Å². The van der Waals surface area contributed by atoms with Gasteiger partial charge < -0.3 is 20.1 Å². The maximum Gasteiger partial charge on any atom is 0.255 e. The van der Waals surface area contributed by atoms with Crippen LogP contribution in [0.25, 0.3) is 0 Å². The van der Waals surface area contributed by atoms with Gasteiger partial charge in [0.05, 0.1) is 0 Å². The highest BCUT2D eigenvalue weighted by atomic mass is 16.7. The lowest BCUT2D eigenvalue weighted by Crippen LogP contribution is -2.33. The van der Waals surface area contributed by atoms with E-state index in [2.05, 4.69) is 15.6 Å². The molecule has 2 N–H and O–H groups in total. The van der Waals surface area contributed by atoms with Gasteiger partial charge in [0.1, 0.15) is 6.54 Å². The predicted molar refractivity (Wildman–Crippen MR) is 112 cm³/mol. The van der Waals surface area contributed by atoms with Crippen molar-refractivity contribution in [1.29, 1.82) is 0 Å². The van der Waals surface area contributed by atoms with Gasteiger partial charge in [-0.15, -0.1) is 0 Å². The molecule has 4 rings (SSSR count). The van der Waals surface area contributed by atoms with Gasteiger partial charge in [-0.1, -0.05) is 18.2 Å². The molecule has 0 saturated carbocycles. The summed E-state index contributed by atoms with van der Waals surface area (Å²) in [6.07, 6.45) is 0. The van der Waals surface area contributed by atoms with Crippen LogP contribution in [0.4, 0.5) is 11.6 Å². The van der Waals surface area contributed by atoms with Crippen molar-refractivity contribution in [3.63, 3.8) is 0 Å². The van der Waals surface area contributed by atoms with E-state index in [9.17, 15) is 9.59 Å². The molecule has 1 amide bonds. The molecule has 1 aliphatic rings. The molecule has 0 atom stereocenters. The molecule has 0 aliphatic carbocycles. The van der Waals surface area contributed by atoms with Gasteiger partial charge >= 0.3 is 0 Å². The number of amides is 1. The Morgan fingerprint density at radius 2 is 1.93 bits per heavy atom. The van der Waals surface area contributed by atoms with Crippen molar-refractivity contribution in [2.45, 2.75) is 26.9 Å². The number of carbonyl (C=O) groups excluding carboxylic acids is 1. The molecule has 0 bridgehead atoms. The molecule has 1 aromatic heterocycles. The van der Waals surface area contributed by atoms with E-state index in [0.717, 1.165) is 16.8 Å². The Balaban J connectivity index is 1.48. The first-order valence-corrected chi connectivity index (χ1v) is 9.55.